The minimum Gasteiger partial charge on any atom is -0.507 e. The molecule has 1 rings (SSSR count). The van der Waals surface area contributed by atoms with Crippen LogP contribution in [-0.4, -0.2) is 23.3 Å². The third kappa shape index (κ3) is 2.33. The van der Waals surface area contributed by atoms with Gasteiger partial charge in [-0.3, -0.25) is 0 Å². The number of methoxy groups -OCH3 is 1. The molecule has 0 fully saturated rings. The van der Waals surface area contributed by atoms with E-state index in [0.717, 1.165) is 0 Å². The quantitative estimate of drug-likeness (QED) is 0.767. The van der Waals surface area contributed by atoms with E-state index >= 15 is 0 Å². The number of benzene rings is 1. The number of esters is 1. The third-order valence-corrected chi connectivity index (χ3v) is 2.44. The van der Waals surface area contributed by atoms with Crippen molar-refractivity contribution < 1.29 is 19.7 Å². The van der Waals surface area contributed by atoms with Crippen LogP contribution in [0.1, 0.15) is 37.0 Å². The average Bonchev–Trinajstić information content (AvgIpc) is 2.27. The van der Waals surface area contributed by atoms with Crippen LogP contribution in [0.15, 0.2) is 18.2 Å². The second-order valence-corrected chi connectivity index (χ2v) is 3.87. The fourth-order valence-electron chi connectivity index (χ4n) is 1.51. The van der Waals surface area contributed by atoms with E-state index in [1.165, 1.54) is 13.2 Å². The predicted octanol–water partition coefficient (Wildman–Crippen LogP) is 1.72. The molecule has 1 atom stereocenters. The van der Waals surface area contributed by atoms with Crippen LogP contribution in [0, 0.1) is 0 Å². The minimum atomic E-state index is -1.44. The van der Waals surface area contributed by atoms with Gasteiger partial charge in [0.25, 0.3) is 0 Å². The van der Waals surface area contributed by atoms with Gasteiger partial charge in [-0.05, 0) is 11.5 Å². The number of aliphatic hydroxyl groups excluding tert-OH is 1. The Morgan fingerprint density at radius 1 is 1.31 bits per heavy atom. The summed E-state index contributed by atoms with van der Waals surface area (Å²) >= 11 is 0. The van der Waals surface area contributed by atoms with E-state index in [0.29, 0.717) is 5.56 Å². The van der Waals surface area contributed by atoms with Gasteiger partial charge in [-0.1, -0.05) is 32.0 Å². The lowest BCUT2D eigenvalue weighted by Crippen LogP contribution is -2.14. The zero-order chi connectivity index (χ0) is 12.3. The fraction of sp³-hybridized carbons (Fsp3) is 0.417. The lowest BCUT2D eigenvalue weighted by molar-refractivity contribution is -0.150. The van der Waals surface area contributed by atoms with Crippen molar-refractivity contribution in [2.75, 3.05) is 7.11 Å². The standard InChI is InChI=1S/C12H16O4/c1-7(2)8-5-4-6-9(10(8)13)11(14)12(15)16-3/h4-7,11,13-14H,1-3H3. The van der Waals surface area contributed by atoms with E-state index in [2.05, 4.69) is 4.74 Å². The molecule has 1 aromatic carbocycles. The van der Waals surface area contributed by atoms with Gasteiger partial charge in [0, 0.05) is 5.56 Å². The van der Waals surface area contributed by atoms with Crippen LogP contribution >= 0.6 is 0 Å². The van der Waals surface area contributed by atoms with Crippen molar-refractivity contribution in [3.05, 3.63) is 29.3 Å². The zero-order valence-corrected chi connectivity index (χ0v) is 9.60. The SMILES string of the molecule is COC(=O)C(O)c1cccc(C(C)C)c1O. The van der Waals surface area contributed by atoms with E-state index in [1.807, 2.05) is 13.8 Å². The molecular weight excluding hydrogens is 208 g/mol. The average molecular weight is 224 g/mol. The maximum Gasteiger partial charge on any atom is 0.339 e. The second-order valence-electron chi connectivity index (χ2n) is 3.87. The van der Waals surface area contributed by atoms with Crippen LogP contribution in [-0.2, 0) is 9.53 Å². The zero-order valence-electron chi connectivity index (χ0n) is 9.60. The molecular formula is C12H16O4. The summed E-state index contributed by atoms with van der Waals surface area (Å²) < 4.78 is 4.42. The number of aromatic hydroxyl groups is 1. The molecule has 88 valence electrons. The third-order valence-electron chi connectivity index (χ3n) is 2.44. The van der Waals surface area contributed by atoms with Crippen molar-refractivity contribution in [2.24, 2.45) is 0 Å². The van der Waals surface area contributed by atoms with Crippen molar-refractivity contribution in [1.29, 1.82) is 0 Å². The molecule has 16 heavy (non-hydrogen) atoms. The maximum atomic E-state index is 11.2. The molecule has 0 aliphatic carbocycles. The van der Waals surface area contributed by atoms with Crippen molar-refractivity contribution in [2.45, 2.75) is 25.9 Å². The summed E-state index contributed by atoms with van der Waals surface area (Å²) in [7, 11) is 1.19. The Labute approximate surface area is 94.5 Å². The normalized spacial score (nSPS) is 12.6. The number of aliphatic hydroxyl groups is 1. The van der Waals surface area contributed by atoms with Crippen molar-refractivity contribution in [3.8, 4) is 5.75 Å². The van der Waals surface area contributed by atoms with E-state index in [4.69, 9.17) is 0 Å². The summed E-state index contributed by atoms with van der Waals surface area (Å²) in [5.41, 5.74) is 0.874. The van der Waals surface area contributed by atoms with Gasteiger partial charge in [0.1, 0.15) is 5.75 Å². The summed E-state index contributed by atoms with van der Waals surface area (Å²) in [6, 6.07) is 4.95. The highest BCUT2D eigenvalue weighted by Gasteiger charge is 2.23. The summed E-state index contributed by atoms with van der Waals surface area (Å²) in [5, 5.41) is 19.5. The van der Waals surface area contributed by atoms with Gasteiger partial charge in [-0.2, -0.15) is 0 Å². The van der Waals surface area contributed by atoms with Gasteiger partial charge in [-0.25, -0.2) is 4.79 Å². The lowest BCUT2D eigenvalue weighted by Gasteiger charge is -2.15. The van der Waals surface area contributed by atoms with Crippen LogP contribution in [0.5, 0.6) is 5.75 Å². The van der Waals surface area contributed by atoms with Gasteiger partial charge in [0.2, 0.25) is 0 Å². The number of ether oxygens (including phenoxy) is 1. The van der Waals surface area contributed by atoms with E-state index in [-0.39, 0.29) is 17.2 Å². The first kappa shape index (κ1) is 12.5. The molecule has 0 aliphatic heterocycles. The number of para-hydroxylation sites is 1. The smallest absolute Gasteiger partial charge is 0.339 e. The minimum absolute atomic E-state index is 0.0459. The van der Waals surface area contributed by atoms with Gasteiger partial charge in [0.05, 0.1) is 7.11 Å². The van der Waals surface area contributed by atoms with E-state index in [9.17, 15) is 15.0 Å². The molecule has 0 heterocycles. The number of carbonyl (C=O) groups is 1. The molecule has 2 N–H and O–H groups in total. The first-order chi connectivity index (χ1) is 7.49. The second kappa shape index (κ2) is 4.99. The first-order valence-corrected chi connectivity index (χ1v) is 5.06. The van der Waals surface area contributed by atoms with Crippen molar-refractivity contribution >= 4 is 5.97 Å². The van der Waals surface area contributed by atoms with Gasteiger partial charge >= 0.3 is 5.97 Å². The van der Waals surface area contributed by atoms with Crippen LogP contribution in [0.3, 0.4) is 0 Å². The topological polar surface area (TPSA) is 66.8 Å². The Kier molecular flexibility index (Phi) is 3.90. The van der Waals surface area contributed by atoms with Crippen LogP contribution in [0.25, 0.3) is 0 Å². The Morgan fingerprint density at radius 3 is 2.38 bits per heavy atom. The summed E-state index contributed by atoms with van der Waals surface area (Å²) in [5.74, 6) is -0.712. The number of phenols is 1. The van der Waals surface area contributed by atoms with Gasteiger partial charge in [0.15, 0.2) is 6.10 Å². The molecule has 1 aromatic rings. The highest BCUT2D eigenvalue weighted by molar-refractivity contribution is 5.77. The Balaban J connectivity index is 3.15. The molecule has 0 bridgehead atoms. The molecule has 0 amide bonds. The van der Waals surface area contributed by atoms with Gasteiger partial charge < -0.3 is 14.9 Å². The highest BCUT2D eigenvalue weighted by atomic mass is 16.5. The number of carbonyl (C=O) groups excluding carboxylic acids is 1. The molecule has 4 heteroatoms. The molecule has 0 saturated carbocycles. The van der Waals surface area contributed by atoms with Crippen LogP contribution in [0.4, 0.5) is 0 Å². The van der Waals surface area contributed by atoms with Crippen molar-refractivity contribution in [1.82, 2.24) is 0 Å². The Morgan fingerprint density at radius 2 is 1.88 bits per heavy atom. The molecule has 0 aromatic heterocycles. The molecule has 0 spiro atoms. The molecule has 0 radical (unpaired) electrons. The van der Waals surface area contributed by atoms with Crippen LogP contribution in [0.2, 0.25) is 0 Å². The molecule has 4 nitrogen and oxygen atoms in total. The summed E-state index contributed by atoms with van der Waals surface area (Å²) in [4.78, 5) is 11.2. The molecule has 0 aliphatic rings. The summed E-state index contributed by atoms with van der Waals surface area (Å²) in [6.07, 6.45) is -1.44. The fourth-order valence-corrected chi connectivity index (χ4v) is 1.51. The highest BCUT2D eigenvalue weighted by Crippen LogP contribution is 2.32. The van der Waals surface area contributed by atoms with E-state index in [1.54, 1.807) is 12.1 Å². The maximum absolute atomic E-state index is 11.2. The lowest BCUT2D eigenvalue weighted by atomic mass is 9.97. The first-order valence-electron chi connectivity index (χ1n) is 5.06. The predicted molar refractivity (Wildman–Crippen MR) is 59.2 cm³/mol. The van der Waals surface area contributed by atoms with E-state index < -0.39 is 12.1 Å². The Hall–Kier alpha value is -1.55. The van der Waals surface area contributed by atoms with Crippen LogP contribution < -0.4 is 0 Å². The number of hydrogen-bond acceptors (Lipinski definition) is 4. The number of hydrogen-bond donors (Lipinski definition) is 2. The largest absolute Gasteiger partial charge is 0.507 e. The van der Waals surface area contributed by atoms with Crippen molar-refractivity contribution in [3.63, 3.8) is 0 Å². The molecule has 1 unspecified atom stereocenters. The summed E-state index contributed by atoms with van der Waals surface area (Å²) in [6.45, 7) is 3.84. The number of rotatable bonds is 3. The number of phenolic OH excluding ortho intramolecular Hbond substituents is 1. The molecule has 0 saturated heterocycles. The monoisotopic (exact) mass is 224 g/mol. The Bertz CT molecular complexity index is 385. The van der Waals surface area contributed by atoms with Gasteiger partial charge in [-0.15, -0.1) is 0 Å².